The molecule has 0 aliphatic rings. The van der Waals surface area contributed by atoms with Gasteiger partial charge in [-0.05, 0) is 12.1 Å². The molecule has 0 heterocycles. The number of hydrogen-bond donors (Lipinski definition) is 0. The maximum atomic E-state index is 11.7. The Kier molecular flexibility index (Phi) is 6.37. The van der Waals surface area contributed by atoms with E-state index in [1.54, 1.807) is 0 Å². The molecule has 9 heteroatoms. The summed E-state index contributed by atoms with van der Waals surface area (Å²) in [4.78, 5) is 22.2. The van der Waals surface area contributed by atoms with Crippen LogP contribution in [0.2, 0.25) is 0 Å². The molecule has 0 radical (unpaired) electrons. The van der Waals surface area contributed by atoms with E-state index in [0.29, 0.717) is 0 Å². The van der Waals surface area contributed by atoms with Crippen LogP contribution in [0.3, 0.4) is 0 Å². The Morgan fingerprint density at radius 2 is 1.76 bits per heavy atom. The van der Waals surface area contributed by atoms with Gasteiger partial charge in [-0.2, -0.15) is 0 Å². The molecule has 0 aliphatic heterocycles. The Morgan fingerprint density at radius 3 is 2.29 bits per heavy atom. The van der Waals surface area contributed by atoms with Crippen molar-refractivity contribution in [2.24, 2.45) is 0 Å². The fourth-order valence-corrected chi connectivity index (χ4v) is 1.50. The Balaban J connectivity index is 3.38. The molecule has 0 bridgehead atoms. The smallest absolute Gasteiger partial charge is 0.353 e. The molecule has 0 fully saturated rings. The summed E-state index contributed by atoms with van der Waals surface area (Å²) < 4.78 is 24.2. The molecule has 0 saturated carbocycles. The van der Waals surface area contributed by atoms with Crippen LogP contribution in [0.4, 0.5) is 5.69 Å². The number of ether oxygens (including phenoxy) is 5. The lowest BCUT2D eigenvalue weighted by atomic mass is 10.1. The van der Waals surface area contributed by atoms with Gasteiger partial charge in [-0.3, -0.25) is 10.1 Å². The molecule has 0 aromatic heterocycles. The highest BCUT2D eigenvalue weighted by atomic mass is 16.7. The molecule has 116 valence electrons. The van der Waals surface area contributed by atoms with E-state index in [1.165, 1.54) is 26.4 Å². The lowest BCUT2D eigenvalue weighted by Gasteiger charge is -2.12. The first-order valence-electron chi connectivity index (χ1n) is 5.70. The van der Waals surface area contributed by atoms with Crippen LogP contribution >= 0.6 is 0 Å². The van der Waals surface area contributed by atoms with E-state index < -0.39 is 16.6 Å². The van der Waals surface area contributed by atoms with E-state index in [0.717, 1.165) is 7.11 Å². The van der Waals surface area contributed by atoms with Crippen molar-refractivity contribution in [3.8, 4) is 11.5 Å². The molecule has 1 aromatic rings. The second kappa shape index (κ2) is 8.02. The van der Waals surface area contributed by atoms with Crippen molar-refractivity contribution in [1.29, 1.82) is 0 Å². The Morgan fingerprint density at radius 1 is 1.14 bits per heavy atom. The molecule has 1 rings (SSSR count). The minimum Gasteiger partial charge on any atom is -0.465 e. The molecular formula is C12H15NO8. The highest BCUT2D eigenvalue weighted by Crippen LogP contribution is 2.40. The first-order chi connectivity index (χ1) is 10.1. The predicted molar refractivity (Wildman–Crippen MR) is 69.4 cm³/mol. The number of nitro benzene ring substituents is 1. The molecule has 0 unspecified atom stereocenters. The topological polar surface area (TPSA) is 106 Å². The second-order valence-electron chi connectivity index (χ2n) is 3.64. The number of nitro groups is 1. The van der Waals surface area contributed by atoms with E-state index in [9.17, 15) is 14.9 Å². The largest absolute Gasteiger partial charge is 0.465 e. The molecule has 0 spiro atoms. The van der Waals surface area contributed by atoms with Gasteiger partial charge >= 0.3 is 11.7 Å². The molecular weight excluding hydrogens is 286 g/mol. The number of methoxy groups -OCH3 is 3. The highest BCUT2D eigenvalue weighted by Gasteiger charge is 2.29. The number of hydrogen-bond acceptors (Lipinski definition) is 8. The van der Waals surface area contributed by atoms with Crippen molar-refractivity contribution in [3.05, 3.63) is 27.8 Å². The van der Waals surface area contributed by atoms with Crippen LogP contribution in [-0.4, -0.2) is 45.8 Å². The van der Waals surface area contributed by atoms with Gasteiger partial charge in [-0.15, -0.1) is 0 Å². The van der Waals surface area contributed by atoms with Gasteiger partial charge in [-0.25, -0.2) is 4.79 Å². The lowest BCUT2D eigenvalue weighted by Crippen LogP contribution is -2.11. The third-order valence-corrected chi connectivity index (χ3v) is 2.34. The van der Waals surface area contributed by atoms with Crippen molar-refractivity contribution in [2.45, 2.75) is 0 Å². The number of benzene rings is 1. The highest BCUT2D eigenvalue weighted by molar-refractivity contribution is 5.94. The van der Waals surface area contributed by atoms with Crippen LogP contribution in [0.1, 0.15) is 10.4 Å². The zero-order valence-corrected chi connectivity index (χ0v) is 11.8. The Hall–Kier alpha value is -2.39. The molecule has 0 amide bonds. The summed E-state index contributed by atoms with van der Waals surface area (Å²) in [5.41, 5.74) is -0.613. The normalized spacial score (nSPS) is 10.0. The van der Waals surface area contributed by atoms with Crippen LogP contribution in [0.5, 0.6) is 11.5 Å². The third kappa shape index (κ3) is 4.04. The van der Waals surface area contributed by atoms with Crippen LogP contribution in [0.25, 0.3) is 0 Å². The number of carbonyl (C=O) groups is 1. The summed E-state index contributed by atoms with van der Waals surface area (Å²) in [5, 5.41) is 11.2. The molecule has 21 heavy (non-hydrogen) atoms. The van der Waals surface area contributed by atoms with E-state index >= 15 is 0 Å². The number of rotatable bonds is 8. The molecule has 9 nitrogen and oxygen atoms in total. The van der Waals surface area contributed by atoms with Crippen molar-refractivity contribution in [1.82, 2.24) is 0 Å². The summed E-state index contributed by atoms with van der Waals surface area (Å²) in [5.74, 6) is -1.16. The van der Waals surface area contributed by atoms with Crippen molar-refractivity contribution >= 4 is 11.7 Å². The van der Waals surface area contributed by atoms with Crippen LogP contribution < -0.4 is 9.47 Å². The van der Waals surface area contributed by atoms with Gasteiger partial charge in [0.25, 0.3) is 0 Å². The average molecular weight is 301 g/mol. The quantitative estimate of drug-likeness (QED) is 0.306. The number of esters is 1. The molecule has 0 N–H and O–H groups in total. The minimum atomic E-state index is -0.775. The van der Waals surface area contributed by atoms with Crippen LogP contribution in [0.15, 0.2) is 12.1 Å². The summed E-state index contributed by atoms with van der Waals surface area (Å²) in [6, 6.07) is 2.57. The van der Waals surface area contributed by atoms with Crippen LogP contribution in [-0.2, 0) is 14.2 Å². The first kappa shape index (κ1) is 16.7. The van der Waals surface area contributed by atoms with Gasteiger partial charge in [0.2, 0.25) is 11.5 Å². The molecule has 1 aromatic carbocycles. The fourth-order valence-electron chi connectivity index (χ4n) is 1.50. The van der Waals surface area contributed by atoms with Gasteiger partial charge in [0.15, 0.2) is 13.6 Å². The fraction of sp³-hybridized carbons (Fsp3) is 0.417. The van der Waals surface area contributed by atoms with E-state index in [1.807, 2.05) is 0 Å². The number of nitrogens with zero attached hydrogens (tertiary/aromatic N) is 1. The summed E-state index contributed by atoms with van der Waals surface area (Å²) >= 11 is 0. The Labute approximate surface area is 120 Å². The summed E-state index contributed by atoms with van der Waals surface area (Å²) in [7, 11) is 3.87. The van der Waals surface area contributed by atoms with Crippen molar-refractivity contribution in [3.63, 3.8) is 0 Å². The zero-order valence-electron chi connectivity index (χ0n) is 11.8. The molecule has 0 aliphatic carbocycles. The predicted octanol–water partition coefficient (Wildman–Crippen LogP) is 1.35. The average Bonchev–Trinajstić information content (AvgIpc) is 2.49. The zero-order chi connectivity index (χ0) is 15.8. The van der Waals surface area contributed by atoms with Gasteiger partial charge in [0.05, 0.1) is 12.0 Å². The van der Waals surface area contributed by atoms with E-state index in [2.05, 4.69) is 4.74 Å². The maximum absolute atomic E-state index is 11.7. The van der Waals surface area contributed by atoms with Crippen LogP contribution in [0, 0.1) is 10.1 Å². The van der Waals surface area contributed by atoms with Crippen molar-refractivity contribution in [2.75, 3.05) is 34.9 Å². The standard InChI is InChI=1S/C12H15NO8/c1-17-6-20-9-5-4-8(12(14)19-3)11(21-7-18-2)10(9)13(15)16/h4-5H,6-7H2,1-3H3. The monoisotopic (exact) mass is 301 g/mol. The van der Waals surface area contributed by atoms with E-state index in [4.69, 9.17) is 18.9 Å². The second-order valence-corrected chi connectivity index (χ2v) is 3.64. The van der Waals surface area contributed by atoms with E-state index in [-0.39, 0.29) is 30.6 Å². The number of carbonyl (C=O) groups excluding carboxylic acids is 1. The van der Waals surface area contributed by atoms with Gasteiger partial charge in [0.1, 0.15) is 5.56 Å². The Bertz CT molecular complexity index is 516. The molecule has 0 atom stereocenters. The minimum absolute atomic E-state index is 0.0967. The molecule has 0 saturated heterocycles. The van der Waals surface area contributed by atoms with Gasteiger partial charge in [0, 0.05) is 14.2 Å². The van der Waals surface area contributed by atoms with Gasteiger partial charge in [-0.1, -0.05) is 0 Å². The SMILES string of the molecule is COCOc1ccc(C(=O)OC)c(OCOC)c1[N+](=O)[O-]. The first-order valence-corrected chi connectivity index (χ1v) is 5.70. The van der Waals surface area contributed by atoms with Gasteiger partial charge < -0.3 is 23.7 Å². The van der Waals surface area contributed by atoms with Crippen molar-refractivity contribution < 1.29 is 33.4 Å². The summed E-state index contributed by atoms with van der Waals surface area (Å²) in [6.07, 6.45) is 0. The summed E-state index contributed by atoms with van der Waals surface area (Å²) in [6.45, 7) is -0.472. The lowest BCUT2D eigenvalue weighted by molar-refractivity contribution is -0.387. The maximum Gasteiger partial charge on any atom is 0.353 e. The third-order valence-electron chi connectivity index (χ3n) is 2.34.